The second-order valence-electron chi connectivity index (χ2n) is 12.1. The fourth-order valence-electron chi connectivity index (χ4n) is 5.53. The fourth-order valence-corrected chi connectivity index (χ4v) is 5.53. The van der Waals surface area contributed by atoms with Gasteiger partial charge in [-0.1, -0.05) is 60.7 Å². The average molecular weight is 592 g/mol. The van der Waals surface area contributed by atoms with E-state index in [4.69, 9.17) is 14.2 Å². The molecule has 3 amide bonds. The Balaban J connectivity index is 1.72. The Bertz CT molecular complexity index is 1290. The maximum Gasteiger partial charge on any atom is 0.408 e. The largest absolute Gasteiger partial charge is 0.471 e. The molecule has 2 heterocycles. The van der Waals surface area contributed by atoms with Crippen molar-refractivity contribution in [2.24, 2.45) is 0 Å². The number of carbonyl (C=O) groups is 4. The Morgan fingerprint density at radius 2 is 1.42 bits per heavy atom. The van der Waals surface area contributed by atoms with Gasteiger partial charge in [0.15, 0.2) is 12.2 Å². The van der Waals surface area contributed by atoms with Gasteiger partial charge in [0.2, 0.25) is 11.7 Å². The zero-order chi connectivity index (χ0) is 31.3. The summed E-state index contributed by atoms with van der Waals surface area (Å²) >= 11 is 0. The summed E-state index contributed by atoms with van der Waals surface area (Å²) in [7, 11) is 0. The molecule has 0 aromatic heterocycles. The minimum absolute atomic E-state index is 0.0665. The highest BCUT2D eigenvalue weighted by molar-refractivity contribution is 5.90. The minimum Gasteiger partial charge on any atom is -0.471 e. The third kappa shape index (κ3) is 7.94. The van der Waals surface area contributed by atoms with Gasteiger partial charge in [0.05, 0.1) is 12.1 Å². The van der Waals surface area contributed by atoms with Crippen LogP contribution < -0.4 is 10.6 Å². The number of alkyl carbamates (subject to hydrolysis) is 1. The number of hydrogen-bond acceptors (Lipinski definition) is 7. The molecule has 2 N–H and O–H groups in total. The monoisotopic (exact) mass is 591 g/mol. The van der Waals surface area contributed by atoms with E-state index < -0.39 is 53.8 Å². The standard InChI is InChI=1S/C33H41N3O7/c1-20-17-18-21(2)36(20)30(38)29-27(34-22(3)37)25(35-32(40)43-33(4,5)6)19-26(41-29)31(39)42-28(23-13-9-7-10-14-23)24-15-11-8-12-16-24/h7-16,19-21,25,27-29H,17-18H2,1-6H3,(H,34,37)(H,35,40)/t20-,21-,25-,27+,29+/m0/s1. The van der Waals surface area contributed by atoms with Gasteiger partial charge in [0.25, 0.3) is 5.91 Å². The smallest absolute Gasteiger partial charge is 0.408 e. The molecule has 0 bridgehead atoms. The highest BCUT2D eigenvalue weighted by atomic mass is 16.6. The molecule has 0 aliphatic carbocycles. The van der Waals surface area contributed by atoms with Crippen molar-refractivity contribution in [3.63, 3.8) is 0 Å². The normalized spacial score (nSPS) is 23.6. The number of nitrogens with one attached hydrogen (secondary N) is 2. The molecule has 5 atom stereocenters. The molecule has 1 saturated heterocycles. The van der Waals surface area contributed by atoms with Crippen molar-refractivity contribution >= 4 is 23.9 Å². The quantitative estimate of drug-likeness (QED) is 0.458. The van der Waals surface area contributed by atoms with Crippen LogP contribution in [-0.4, -0.2) is 64.6 Å². The van der Waals surface area contributed by atoms with Gasteiger partial charge in [0.1, 0.15) is 5.60 Å². The van der Waals surface area contributed by atoms with Crippen molar-refractivity contribution in [1.29, 1.82) is 0 Å². The number of carbonyl (C=O) groups excluding carboxylic acids is 4. The summed E-state index contributed by atoms with van der Waals surface area (Å²) in [6.45, 7) is 10.4. The third-order valence-electron chi connectivity index (χ3n) is 7.43. The molecule has 2 aliphatic heterocycles. The van der Waals surface area contributed by atoms with E-state index in [2.05, 4.69) is 10.6 Å². The van der Waals surface area contributed by atoms with Gasteiger partial charge in [0, 0.05) is 19.0 Å². The fraction of sp³-hybridized carbons (Fsp3) is 0.455. The molecule has 0 unspecified atom stereocenters. The van der Waals surface area contributed by atoms with Crippen molar-refractivity contribution in [2.45, 2.75) is 96.4 Å². The van der Waals surface area contributed by atoms with Crippen molar-refractivity contribution < 1.29 is 33.4 Å². The van der Waals surface area contributed by atoms with Gasteiger partial charge in [-0.3, -0.25) is 9.59 Å². The summed E-state index contributed by atoms with van der Waals surface area (Å²) in [6.07, 6.45) is 0.124. The molecule has 0 spiro atoms. The molecule has 43 heavy (non-hydrogen) atoms. The molecule has 4 rings (SSSR count). The van der Waals surface area contributed by atoms with E-state index in [1.807, 2.05) is 74.5 Å². The summed E-state index contributed by atoms with van der Waals surface area (Å²) in [6, 6.07) is 16.4. The Morgan fingerprint density at radius 1 is 0.884 bits per heavy atom. The summed E-state index contributed by atoms with van der Waals surface area (Å²) in [4.78, 5) is 54.7. The Kier molecular flexibility index (Phi) is 9.78. The summed E-state index contributed by atoms with van der Waals surface area (Å²) in [5.74, 6) is -1.90. The minimum atomic E-state index is -1.31. The third-order valence-corrected chi connectivity index (χ3v) is 7.43. The molecule has 2 aromatic carbocycles. The maximum atomic E-state index is 14.0. The first-order chi connectivity index (χ1) is 20.3. The number of benzene rings is 2. The second-order valence-corrected chi connectivity index (χ2v) is 12.1. The van der Waals surface area contributed by atoms with Crippen LogP contribution >= 0.6 is 0 Å². The zero-order valence-corrected chi connectivity index (χ0v) is 25.5. The summed E-state index contributed by atoms with van der Waals surface area (Å²) in [5, 5.41) is 5.48. The molecular formula is C33H41N3O7. The van der Waals surface area contributed by atoms with E-state index >= 15 is 0 Å². The van der Waals surface area contributed by atoms with Crippen molar-refractivity contribution in [1.82, 2.24) is 15.5 Å². The highest BCUT2D eigenvalue weighted by Gasteiger charge is 2.47. The number of hydrogen-bond donors (Lipinski definition) is 2. The number of rotatable bonds is 7. The zero-order valence-electron chi connectivity index (χ0n) is 25.5. The Morgan fingerprint density at radius 3 is 1.91 bits per heavy atom. The Hall–Kier alpha value is -4.34. The van der Waals surface area contributed by atoms with Crippen LogP contribution in [0.5, 0.6) is 0 Å². The number of nitrogens with zero attached hydrogens (tertiary/aromatic N) is 1. The first-order valence-corrected chi connectivity index (χ1v) is 14.6. The highest BCUT2D eigenvalue weighted by Crippen LogP contribution is 2.31. The van der Waals surface area contributed by atoms with Crippen LogP contribution in [-0.2, 0) is 28.6 Å². The topological polar surface area (TPSA) is 123 Å². The summed E-state index contributed by atoms with van der Waals surface area (Å²) in [5.41, 5.74) is 0.675. The van der Waals surface area contributed by atoms with Gasteiger partial charge < -0.3 is 29.7 Å². The molecule has 2 aromatic rings. The van der Waals surface area contributed by atoms with Crippen LogP contribution in [0, 0.1) is 0 Å². The van der Waals surface area contributed by atoms with E-state index in [1.165, 1.54) is 13.0 Å². The van der Waals surface area contributed by atoms with E-state index in [0.717, 1.165) is 24.0 Å². The molecular weight excluding hydrogens is 550 g/mol. The first kappa shape index (κ1) is 31.6. The number of ether oxygens (including phenoxy) is 3. The van der Waals surface area contributed by atoms with Gasteiger partial charge >= 0.3 is 12.1 Å². The predicted octanol–water partition coefficient (Wildman–Crippen LogP) is 4.40. The van der Waals surface area contributed by atoms with E-state index in [-0.39, 0.29) is 17.8 Å². The van der Waals surface area contributed by atoms with Crippen LogP contribution in [0.2, 0.25) is 0 Å². The number of likely N-dealkylation sites (tertiary alicyclic amines) is 1. The molecule has 0 saturated carbocycles. The summed E-state index contributed by atoms with van der Waals surface area (Å²) < 4.78 is 17.6. The van der Waals surface area contributed by atoms with E-state index in [9.17, 15) is 19.2 Å². The lowest BCUT2D eigenvalue weighted by Gasteiger charge is -2.40. The number of esters is 1. The van der Waals surface area contributed by atoms with Gasteiger partial charge in [-0.15, -0.1) is 0 Å². The SMILES string of the molecule is CC(=O)N[C@@H]1[C@@H](NC(=O)OC(C)(C)C)C=C(C(=O)OC(c2ccccc2)c2ccccc2)O[C@H]1C(=O)N1[C@@H](C)CC[C@@H]1C. The molecule has 10 heteroatoms. The van der Waals surface area contributed by atoms with Crippen LogP contribution in [0.1, 0.15) is 71.6 Å². The molecule has 230 valence electrons. The van der Waals surface area contributed by atoms with Crippen LogP contribution in [0.3, 0.4) is 0 Å². The van der Waals surface area contributed by atoms with Gasteiger partial charge in [-0.25, -0.2) is 9.59 Å². The lowest BCUT2D eigenvalue weighted by molar-refractivity contribution is -0.155. The van der Waals surface area contributed by atoms with Crippen molar-refractivity contribution in [3.05, 3.63) is 83.6 Å². The van der Waals surface area contributed by atoms with Crippen molar-refractivity contribution in [2.75, 3.05) is 0 Å². The van der Waals surface area contributed by atoms with Crippen molar-refractivity contribution in [3.8, 4) is 0 Å². The van der Waals surface area contributed by atoms with E-state index in [1.54, 1.807) is 25.7 Å². The maximum absolute atomic E-state index is 14.0. The van der Waals surface area contributed by atoms with Gasteiger partial charge in [-0.2, -0.15) is 0 Å². The first-order valence-electron chi connectivity index (χ1n) is 14.6. The molecule has 0 radical (unpaired) electrons. The lowest BCUT2D eigenvalue weighted by atomic mass is 9.96. The molecule has 1 fully saturated rings. The Labute approximate surface area is 252 Å². The average Bonchev–Trinajstić information content (AvgIpc) is 3.29. The predicted molar refractivity (Wildman–Crippen MR) is 160 cm³/mol. The van der Waals surface area contributed by atoms with Crippen LogP contribution in [0.15, 0.2) is 72.5 Å². The van der Waals surface area contributed by atoms with E-state index in [0.29, 0.717) is 0 Å². The molecule has 2 aliphatic rings. The van der Waals surface area contributed by atoms with Crippen LogP contribution in [0.4, 0.5) is 4.79 Å². The second kappa shape index (κ2) is 13.3. The van der Waals surface area contributed by atoms with Crippen LogP contribution in [0.25, 0.3) is 0 Å². The molecule has 10 nitrogen and oxygen atoms in total. The van der Waals surface area contributed by atoms with Gasteiger partial charge in [-0.05, 0) is 64.7 Å². The lowest BCUT2D eigenvalue weighted by Crippen LogP contribution is -2.64. The number of amides is 3.